The maximum absolute atomic E-state index is 3.32. The average molecular weight is 200 g/mol. The van der Waals surface area contributed by atoms with E-state index in [0.717, 1.165) is 39.3 Å². The van der Waals surface area contributed by atoms with Gasteiger partial charge in [-0.1, -0.05) is 0 Å². The van der Waals surface area contributed by atoms with E-state index in [9.17, 15) is 0 Å². The summed E-state index contributed by atoms with van der Waals surface area (Å²) in [6.45, 7) is 11.1. The normalized spacial score (nSPS) is 33.0. The largest absolute Gasteiger partial charge is 0.314 e. The van der Waals surface area contributed by atoms with Gasteiger partial charge in [0.2, 0.25) is 0 Å². The van der Waals surface area contributed by atoms with Crippen LogP contribution >= 0.6 is 0 Å². The van der Waals surface area contributed by atoms with Crippen LogP contribution in [0.25, 0.3) is 0 Å². The smallest absolute Gasteiger partial charge is 0.0164 e. The van der Waals surface area contributed by atoms with Crippen LogP contribution < -0.4 is 21.3 Å². The Bertz CT molecular complexity index is 112. The van der Waals surface area contributed by atoms with Gasteiger partial charge in [0.05, 0.1) is 0 Å². The molecule has 4 N–H and O–H groups in total. The molecule has 0 aromatic heterocycles. The molecule has 0 radical (unpaired) electrons. The van der Waals surface area contributed by atoms with Crippen LogP contribution in [0.3, 0.4) is 0 Å². The molecule has 0 saturated carbocycles. The monoisotopic (exact) mass is 200 g/mol. The van der Waals surface area contributed by atoms with Gasteiger partial charge in [-0.2, -0.15) is 0 Å². The Hall–Kier alpha value is -0.160. The number of rotatable bonds is 0. The summed E-state index contributed by atoms with van der Waals surface area (Å²) < 4.78 is 0. The summed E-state index contributed by atoms with van der Waals surface area (Å²) in [5.41, 5.74) is 0. The quantitative estimate of drug-likeness (QED) is 0.411. The standard InChI is InChI=1S/2C5H12N2/c2*1-5-4-6-2-3-7-5/h2*5-7H,2-4H2,1H3. The van der Waals surface area contributed by atoms with Gasteiger partial charge in [-0.05, 0) is 13.8 Å². The van der Waals surface area contributed by atoms with Crippen molar-refractivity contribution in [2.24, 2.45) is 0 Å². The van der Waals surface area contributed by atoms with Gasteiger partial charge in [0, 0.05) is 51.4 Å². The van der Waals surface area contributed by atoms with Gasteiger partial charge in [-0.15, -0.1) is 0 Å². The lowest BCUT2D eigenvalue weighted by Gasteiger charge is -2.19. The highest BCUT2D eigenvalue weighted by Crippen LogP contribution is 1.81. The third kappa shape index (κ3) is 5.54. The van der Waals surface area contributed by atoms with Gasteiger partial charge in [0.1, 0.15) is 0 Å². The maximum atomic E-state index is 3.32. The van der Waals surface area contributed by atoms with E-state index in [1.54, 1.807) is 0 Å². The highest BCUT2D eigenvalue weighted by molar-refractivity contribution is 4.70. The summed E-state index contributed by atoms with van der Waals surface area (Å²) in [4.78, 5) is 0. The topological polar surface area (TPSA) is 48.1 Å². The highest BCUT2D eigenvalue weighted by atomic mass is 15.0. The lowest BCUT2D eigenvalue weighted by Crippen LogP contribution is -2.46. The molecule has 14 heavy (non-hydrogen) atoms. The van der Waals surface area contributed by atoms with Crippen molar-refractivity contribution in [3.63, 3.8) is 0 Å². The summed E-state index contributed by atoms with van der Waals surface area (Å²) in [6, 6.07) is 1.35. The Morgan fingerprint density at radius 2 is 1.14 bits per heavy atom. The minimum Gasteiger partial charge on any atom is -0.314 e. The van der Waals surface area contributed by atoms with E-state index < -0.39 is 0 Å². The Labute approximate surface area is 87.2 Å². The van der Waals surface area contributed by atoms with Gasteiger partial charge >= 0.3 is 0 Å². The predicted molar refractivity (Wildman–Crippen MR) is 60.7 cm³/mol. The second kappa shape index (κ2) is 7.17. The zero-order valence-electron chi connectivity index (χ0n) is 9.40. The van der Waals surface area contributed by atoms with Crippen molar-refractivity contribution in [2.45, 2.75) is 25.9 Å². The molecule has 2 unspecified atom stereocenters. The summed E-state index contributed by atoms with van der Waals surface area (Å²) in [5, 5.41) is 13.2. The molecule has 2 saturated heterocycles. The van der Waals surface area contributed by atoms with Crippen molar-refractivity contribution in [2.75, 3.05) is 39.3 Å². The van der Waals surface area contributed by atoms with Crippen molar-refractivity contribution in [1.29, 1.82) is 0 Å². The molecule has 0 aliphatic carbocycles. The lowest BCUT2D eigenvalue weighted by molar-refractivity contribution is 0.442. The van der Waals surface area contributed by atoms with Gasteiger partial charge in [0.25, 0.3) is 0 Å². The van der Waals surface area contributed by atoms with Crippen LogP contribution in [0.15, 0.2) is 0 Å². The summed E-state index contributed by atoms with van der Waals surface area (Å²) >= 11 is 0. The summed E-state index contributed by atoms with van der Waals surface area (Å²) in [6.07, 6.45) is 0. The number of hydrogen-bond donors (Lipinski definition) is 4. The number of piperazine rings is 2. The molecule has 2 heterocycles. The third-order valence-electron chi connectivity index (χ3n) is 2.49. The molecule has 2 aliphatic heterocycles. The molecule has 2 atom stereocenters. The second-order valence-electron chi connectivity index (χ2n) is 4.12. The van der Waals surface area contributed by atoms with Crippen molar-refractivity contribution >= 4 is 0 Å². The van der Waals surface area contributed by atoms with Crippen LogP contribution in [0.1, 0.15) is 13.8 Å². The zero-order valence-corrected chi connectivity index (χ0v) is 9.40. The molecule has 0 bridgehead atoms. The van der Waals surface area contributed by atoms with E-state index in [-0.39, 0.29) is 0 Å². The third-order valence-corrected chi connectivity index (χ3v) is 2.49. The van der Waals surface area contributed by atoms with Crippen molar-refractivity contribution in [1.82, 2.24) is 21.3 Å². The van der Waals surface area contributed by atoms with E-state index >= 15 is 0 Å². The molecule has 0 aromatic rings. The summed E-state index contributed by atoms with van der Waals surface area (Å²) in [7, 11) is 0. The average Bonchev–Trinajstić information content (AvgIpc) is 2.21. The van der Waals surface area contributed by atoms with Crippen molar-refractivity contribution in [3.8, 4) is 0 Å². The molecule has 0 aromatic carbocycles. The first-order chi connectivity index (χ1) is 6.79. The maximum Gasteiger partial charge on any atom is 0.0164 e. The van der Waals surface area contributed by atoms with Gasteiger partial charge in [-0.3, -0.25) is 0 Å². The van der Waals surface area contributed by atoms with Gasteiger partial charge < -0.3 is 21.3 Å². The van der Waals surface area contributed by atoms with Gasteiger partial charge in [-0.25, -0.2) is 0 Å². The van der Waals surface area contributed by atoms with Gasteiger partial charge in [0.15, 0.2) is 0 Å². The first kappa shape index (κ1) is 11.9. The van der Waals surface area contributed by atoms with Crippen LogP contribution in [0, 0.1) is 0 Å². The zero-order chi connectivity index (χ0) is 10.2. The Morgan fingerprint density at radius 3 is 1.29 bits per heavy atom. The van der Waals surface area contributed by atoms with Crippen LogP contribution in [0.4, 0.5) is 0 Å². The van der Waals surface area contributed by atoms with Crippen LogP contribution in [0.2, 0.25) is 0 Å². The second-order valence-corrected chi connectivity index (χ2v) is 4.12. The molecule has 4 heteroatoms. The van der Waals surface area contributed by atoms with Crippen molar-refractivity contribution < 1.29 is 0 Å². The molecule has 0 amide bonds. The molecule has 2 rings (SSSR count). The van der Waals surface area contributed by atoms with E-state index in [2.05, 4.69) is 35.1 Å². The Kier molecular flexibility index (Phi) is 6.10. The fraction of sp³-hybridized carbons (Fsp3) is 1.00. The molecular formula is C10H24N4. The van der Waals surface area contributed by atoms with Crippen LogP contribution in [-0.4, -0.2) is 51.4 Å². The first-order valence-electron chi connectivity index (χ1n) is 5.67. The van der Waals surface area contributed by atoms with E-state index in [1.807, 2.05) is 0 Å². The molecule has 84 valence electrons. The first-order valence-corrected chi connectivity index (χ1v) is 5.67. The molecule has 4 nitrogen and oxygen atoms in total. The van der Waals surface area contributed by atoms with Crippen molar-refractivity contribution in [3.05, 3.63) is 0 Å². The predicted octanol–water partition coefficient (Wildman–Crippen LogP) is -0.865. The fourth-order valence-corrected chi connectivity index (χ4v) is 1.60. The summed E-state index contributed by atoms with van der Waals surface area (Å²) in [5.74, 6) is 0. The molecular weight excluding hydrogens is 176 g/mol. The molecule has 2 aliphatic rings. The Balaban J connectivity index is 0.000000140. The number of nitrogens with one attached hydrogen (secondary N) is 4. The van der Waals surface area contributed by atoms with E-state index in [0.29, 0.717) is 12.1 Å². The Morgan fingerprint density at radius 1 is 0.714 bits per heavy atom. The molecule has 2 fully saturated rings. The fourth-order valence-electron chi connectivity index (χ4n) is 1.60. The molecule has 0 spiro atoms. The number of hydrogen-bond acceptors (Lipinski definition) is 4. The highest BCUT2D eigenvalue weighted by Gasteiger charge is 2.03. The lowest BCUT2D eigenvalue weighted by atomic mass is 10.3. The van der Waals surface area contributed by atoms with E-state index in [1.165, 1.54) is 0 Å². The minimum absolute atomic E-state index is 0.675. The van der Waals surface area contributed by atoms with Crippen LogP contribution in [0.5, 0.6) is 0 Å². The van der Waals surface area contributed by atoms with E-state index in [4.69, 9.17) is 0 Å². The van der Waals surface area contributed by atoms with Crippen LogP contribution in [-0.2, 0) is 0 Å². The minimum atomic E-state index is 0.675. The SMILES string of the molecule is CC1CNCCN1.CC1CNCCN1.